The molecule has 36 heavy (non-hydrogen) atoms. The average Bonchev–Trinajstić information content (AvgIpc) is 3.29. The molecule has 9 heteroatoms. The van der Waals surface area contributed by atoms with E-state index in [0.29, 0.717) is 37.3 Å². The molecule has 0 atom stereocenters. The normalized spacial score (nSPS) is 11.3. The third-order valence-corrected chi connectivity index (χ3v) is 6.01. The number of benzene rings is 1. The molecule has 182 valence electrons. The SMILES string of the molecule is CCCn1c(-n2nc(-c3c(-c4ccccc4)nn4ccccc34)ccc2=O)cc(=O)n(CCC)c1=O. The molecule has 1 aromatic carbocycles. The first-order valence-electron chi connectivity index (χ1n) is 12.0. The topological polar surface area (TPSA) is 96.2 Å². The number of nitrogens with zero attached hydrogens (tertiary/aromatic N) is 6. The Hall–Kier alpha value is -4.53. The van der Waals surface area contributed by atoms with E-state index in [1.54, 1.807) is 10.6 Å². The van der Waals surface area contributed by atoms with Gasteiger partial charge in [0.1, 0.15) is 11.5 Å². The van der Waals surface area contributed by atoms with Crippen molar-refractivity contribution in [2.45, 2.75) is 39.8 Å². The molecule has 0 N–H and O–H groups in total. The predicted molar refractivity (Wildman–Crippen MR) is 139 cm³/mol. The highest BCUT2D eigenvalue weighted by Crippen LogP contribution is 2.33. The van der Waals surface area contributed by atoms with Crippen LogP contribution in [0.4, 0.5) is 0 Å². The first-order valence-corrected chi connectivity index (χ1v) is 12.0. The monoisotopic (exact) mass is 482 g/mol. The number of rotatable bonds is 7. The van der Waals surface area contributed by atoms with Crippen molar-refractivity contribution < 1.29 is 0 Å². The number of hydrogen-bond acceptors (Lipinski definition) is 5. The summed E-state index contributed by atoms with van der Waals surface area (Å²) >= 11 is 0. The van der Waals surface area contributed by atoms with Crippen LogP contribution in [-0.2, 0) is 13.1 Å². The van der Waals surface area contributed by atoms with E-state index in [2.05, 4.69) is 5.10 Å². The summed E-state index contributed by atoms with van der Waals surface area (Å²) in [6.45, 7) is 4.50. The maximum atomic E-state index is 13.2. The van der Waals surface area contributed by atoms with Crippen LogP contribution in [0.3, 0.4) is 0 Å². The van der Waals surface area contributed by atoms with E-state index < -0.39 is 16.8 Å². The van der Waals surface area contributed by atoms with Crippen LogP contribution in [0.2, 0.25) is 0 Å². The first-order chi connectivity index (χ1) is 17.5. The van der Waals surface area contributed by atoms with E-state index in [1.807, 2.05) is 68.6 Å². The Labute approximate surface area is 206 Å². The fourth-order valence-corrected chi connectivity index (χ4v) is 4.40. The molecule has 0 aliphatic rings. The molecule has 5 rings (SSSR count). The van der Waals surface area contributed by atoms with Gasteiger partial charge in [0.05, 0.1) is 16.8 Å². The second kappa shape index (κ2) is 9.61. The smallest absolute Gasteiger partial charge is 0.278 e. The maximum absolute atomic E-state index is 13.2. The molecule has 9 nitrogen and oxygen atoms in total. The van der Waals surface area contributed by atoms with Crippen LogP contribution in [0.15, 0.2) is 87.3 Å². The molecule has 0 saturated heterocycles. The van der Waals surface area contributed by atoms with Crippen LogP contribution in [0, 0.1) is 0 Å². The van der Waals surface area contributed by atoms with Crippen LogP contribution < -0.4 is 16.8 Å². The molecule has 4 aromatic heterocycles. The summed E-state index contributed by atoms with van der Waals surface area (Å²) in [5, 5.41) is 9.44. The Bertz CT molecular complexity index is 1730. The molecular weight excluding hydrogens is 456 g/mol. The average molecular weight is 483 g/mol. The zero-order valence-electron chi connectivity index (χ0n) is 20.2. The van der Waals surface area contributed by atoms with Crippen LogP contribution >= 0.6 is 0 Å². The molecular formula is C27H26N6O3. The predicted octanol–water partition coefficient (Wildman–Crippen LogP) is 3.36. The Morgan fingerprint density at radius 1 is 0.750 bits per heavy atom. The lowest BCUT2D eigenvalue weighted by Gasteiger charge is -2.15. The third kappa shape index (κ3) is 3.98. The van der Waals surface area contributed by atoms with Gasteiger partial charge >= 0.3 is 5.69 Å². The minimum atomic E-state index is -0.454. The van der Waals surface area contributed by atoms with Gasteiger partial charge in [0, 0.05) is 37.0 Å². The van der Waals surface area contributed by atoms with Gasteiger partial charge < -0.3 is 0 Å². The quantitative estimate of drug-likeness (QED) is 0.354. The number of aromatic nitrogens is 6. The van der Waals surface area contributed by atoms with Crippen molar-refractivity contribution in [3.05, 3.63) is 104 Å². The highest BCUT2D eigenvalue weighted by atomic mass is 16.2. The second-order valence-corrected chi connectivity index (χ2v) is 8.52. The van der Waals surface area contributed by atoms with Crippen LogP contribution in [-0.4, -0.2) is 28.5 Å². The summed E-state index contributed by atoms with van der Waals surface area (Å²) in [6, 6.07) is 19.9. The Morgan fingerprint density at radius 3 is 2.22 bits per heavy atom. The lowest BCUT2D eigenvalue weighted by Crippen LogP contribution is -2.42. The maximum Gasteiger partial charge on any atom is 0.332 e. The summed E-state index contributed by atoms with van der Waals surface area (Å²) in [5.41, 5.74) is 2.35. The van der Waals surface area contributed by atoms with E-state index in [4.69, 9.17) is 5.10 Å². The van der Waals surface area contributed by atoms with Crippen molar-refractivity contribution in [2.24, 2.45) is 0 Å². The zero-order chi connectivity index (χ0) is 25.2. The van der Waals surface area contributed by atoms with Gasteiger partial charge in [-0.1, -0.05) is 50.2 Å². The van der Waals surface area contributed by atoms with E-state index in [-0.39, 0.29) is 5.82 Å². The van der Waals surface area contributed by atoms with E-state index in [1.165, 1.54) is 21.3 Å². The van der Waals surface area contributed by atoms with Gasteiger partial charge in [0.2, 0.25) is 0 Å². The van der Waals surface area contributed by atoms with Gasteiger partial charge in [-0.2, -0.15) is 14.9 Å². The molecule has 0 spiro atoms. The lowest BCUT2D eigenvalue weighted by atomic mass is 10.0. The molecule has 0 aliphatic heterocycles. The summed E-state index contributed by atoms with van der Waals surface area (Å²) in [4.78, 5) is 39.0. The third-order valence-electron chi connectivity index (χ3n) is 6.01. The van der Waals surface area contributed by atoms with Crippen LogP contribution in [0.25, 0.3) is 33.8 Å². The Balaban J connectivity index is 1.78. The van der Waals surface area contributed by atoms with E-state index >= 15 is 0 Å². The van der Waals surface area contributed by atoms with Crippen molar-refractivity contribution in [1.29, 1.82) is 0 Å². The fraction of sp³-hybridized carbons (Fsp3) is 0.222. The van der Waals surface area contributed by atoms with Gasteiger partial charge in [-0.25, -0.2) is 9.31 Å². The lowest BCUT2D eigenvalue weighted by molar-refractivity contribution is 0.522. The minimum Gasteiger partial charge on any atom is -0.278 e. The zero-order valence-corrected chi connectivity index (χ0v) is 20.2. The van der Waals surface area contributed by atoms with Gasteiger partial charge in [-0.15, -0.1) is 0 Å². The molecule has 4 heterocycles. The summed E-state index contributed by atoms with van der Waals surface area (Å²) in [5.74, 6) is 0.156. The highest BCUT2D eigenvalue weighted by molar-refractivity contribution is 5.90. The number of pyridine rings is 1. The van der Waals surface area contributed by atoms with Crippen molar-refractivity contribution in [3.63, 3.8) is 0 Å². The fourth-order valence-electron chi connectivity index (χ4n) is 4.40. The van der Waals surface area contributed by atoms with E-state index in [9.17, 15) is 14.4 Å². The molecule has 0 amide bonds. The molecule has 0 saturated carbocycles. The largest absolute Gasteiger partial charge is 0.332 e. The van der Waals surface area contributed by atoms with Crippen LogP contribution in [0.1, 0.15) is 26.7 Å². The van der Waals surface area contributed by atoms with Gasteiger partial charge in [0.15, 0.2) is 0 Å². The number of fused-ring (bicyclic) bond motifs is 1. The standard InChI is InChI=1S/C27H26N6O3/c1-3-15-30-22(18-24(35)31(16-4-2)27(30)36)33-23(34)14-13-20(28-33)25-21-12-8-9-17-32(21)29-26(25)19-10-6-5-7-11-19/h5-14,17-18H,3-4,15-16H2,1-2H3. The first kappa shape index (κ1) is 23.2. The van der Waals surface area contributed by atoms with Crippen molar-refractivity contribution in [3.8, 4) is 28.3 Å². The molecule has 0 radical (unpaired) electrons. The second-order valence-electron chi connectivity index (χ2n) is 8.52. The van der Waals surface area contributed by atoms with Crippen molar-refractivity contribution in [2.75, 3.05) is 0 Å². The Kier molecular flexibility index (Phi) is 6.20. The summed E-state index contributed by atoms with van der Waals surface area (Å²) in [6.07, 6.45) is 3.15. The molecule has 0 fully saturated rings. The van der Waals surface area contributed by atoms with Crippen molar-refractivity contribution >= 4 is 5.52 Å². The van der Waals surface area contributed by atoms with Gasteiger partial charge in [-0.3, -0.25) is 18.7 Å². The Morgan fingerprint density at radius 2 is 1.47 bits per heavy atom. The van der Waals surface area contributed by atoms with Crippen LogP contribution in [0.5, 0.6) is 0 Å². The molecule has 5 aromatic rings. The number of hydrogen-bond donors (Lipinski definition) is 0. The molecule has 0 unspecified atom stereocenters. The van der Waals surface area contributed by atoms with Gasteiger partial charge in [0.25, 0.3) is 11.1 Å². The molecule has 0 aliphatic carbocycles. The van der Waals surface area contributed by atoms with E-state index in [0.717, 1.165) is 21.3 Å². The van der Waals surface area contributed by atoms with Gasteiger partial charge in [-0.05, 0) is 31.0 Å². The highest BCUT2D eigenvalue weighted by Gasteiger charge is 2.20. The summed E-state index contributed by atoms with van der Waals surface area (Å²) < 4.78 is 5.56. The minimum absolute atomic E-state index is 0.156. The molecule has 0 bridgehead atoms. The summed E-state index contributed by atoms with van der Waals surface area (Å²) in [7, 11) is 0. The van der Waals surface area contributed by atoms with Crippen molar-refractivity contribution in [1.82, 2.24) is 28.5 Å².